The maximum absolute atomic E-state index is 5.76. The van der Waals surface area contributed by atoms with Gasteiger partial charge in [-0.1, -0.05) is 13.8 Å². The van der Waals surface area contributed by atoms with Crippen molar-refractivity contribution in [2.24, 2.45) is 0 Å². The third-order valence-corrected chi connectivity index (χ3v) is 3.66. The lowest BCUT2D eigenvalue weighted by Crippen LogP contribution is -2.22. The van der Waals surface area contributed by atoms with Gasteiger partial charge in [-0.15, -0.1) is 0 Å². The van der Waals surface area contributed by atoms with E-state index in [1.807, 2.05) is 6.07 Å². The Bertz CT molecular complexity index is 430. The van der Waals surface area contributed by atoms with Gasteiger partial charge in [-0.25, -0.2) is 9.97 Å². The van der Waals surface area contributed by atoms with Crippen molar-refractivity contribution in [2.45, 2.75) is 58.5 Å². The fourth-order valence-electron chi connectivity index (χ4n) is 2.48. The second-order valence-electron chi connectivity index (χ2n) is 5.89. The summed E-state index contributed by atoms with van der Waals surface area (Å²) >= 11 is 0. The van der Waals surface area contributed by atoms with Crippen molar-refractivity contribution in [1.29, 1.82) is 0 Å². The van der Waals surface area contributed by atoms with Gasteiger partial charge in [0.15, 0.2) is 0 Å². The van der Waals surface area contributed by atoms with Crippen molar-refractivity contribution >= 4 is 11.6 Å². The molecule has 1 fully saturated rings. The molecule has 0 radical (unpaired) electrons. The molecule has 0 spiro atoms. The molecule has 0 aromatic carbocycles. The van der Waals surface area contributed by atoms with Crippen LogP contribution in [0.3, 0.4) is 0 Å². The second-order valence-corrected chi connectivity index (χ2v) is 5.89. The lowest BCUT2D eigenvalue weighted by Gasteiger charge is -2.22. The first-order valence-electron chi connectivity index (χ1n) is 8.17. The van der Waals surface area contributed by atoms with Crippen molar-refractivity contribution in [3.05, 3.63) is 11.9 Å². The summed E-state index contributed by atoms with van der Waals surface area (Å²) in [6.07, 6.45) is 5.13. The normalized spacial score (nSPS) is 18.8. The van der Waals surface area contributed by atoms with E-state index in [0.29, 0.717) is 12.0 Å². The lowest BCUT2D eigenvalue weighted by molar-refractivity contribution is 0.0134. The SMILES string of the molecule is CCNc1cc(NCCC2CCCCO2)nc(C(C)C)n1. The molecule has 5 heteroatoms. The van der Waals surface area contributed by atoms with Crippen LogP contribution in [-0.4, -0.2) is 35.8 Å². The molecule has 0 amide bonds. The highest BCUT2D eigenvalue weighted by molar-refractivity contribution is 5.47. The van der Waals surface area contributed by atoms with E-state index in [4.69, 9.17) is 4.74 Å². The molecule has 1 atom stereocenters. The first kappa shape index (κ1) is 16.0. The zero-order valence-electron chi connectivity index (χ0n) is 13.5. The third-order valence-electron chi connectivity index (χ3n) is 3.66. The molecule has 2 N–H and O–H groups in total. The van der Waals surface area contributed by atoms with Crippen LogP contribution in [0.2, 0.25) is 0 Å². The van der Waals surface area contributed by atoms with Crippen LogP contribution in [0, 0.1) is 0 Å². The molecule has 2 rings (SSSR count). The van der Waals surface area contributed by atoms with Crippen molar-refractivity contribution in [3.63, 3.8) is 0 Å². The number of ether oxygens (including phenoxy) is 1. The highest BCUT2D eigenvalue weighted by atomic mass is 16.5. The summed E-state index contributed by atoms with van der Waals surface area (Å²) in [4.78, 5) is 9.13. The number of nitrogens with zero attached hydrogens (tertiary/aromatic N) is 2. The largest absolute Gasteiger partial charge is 0.378 e. The summed E-state index contributed by atoms with van der Waals surface area (Å²) < 4.78 is 5.76. The number of aromatic nitrogens is 2. The Kier molecular flexibility index (Phi) is 6.23. The number of anilines is 2. The molecule has 1 aromatic rings. The molecular weight excluding hydrogens is 264 g/mol. The second kappa shape index (κ2) is 8.17. The molecule has 0 aliphatic carbocycles. The lowest BCUT2D eigenvalue weighted by atomic mass is 10.1. The molecule has 1 aromatic heterocycles. The van der Waals surface area contributed by atoms with E-state index < -0.39 is 0 Å². The summed E-state index contributed by atoms with van der Waals surface area (Å²) in [6, 6.07) is 1.98. The molecule has 5 nitrogen and oxygen atoms in total. The Labute approximate surface area is 127 Å². The molecule has 1 aliphatic rings. The van der Waals surface area contributed by atoms with E-state index in [9.17, 15) is 0 Å². The molecule has 2 heterocycles. The van der Waals surface area contributed by atoms with Gasteiger partial charge in [-0.05, 0) is 32.6 Å². The molecule has 1 saturated heterocycles. The summed E-state index contributed by atoms with van der Waals surface area (Å²) in [5.74, 6) is 3.00. The predicted octanol–water partition coefficient (Wildman–Crippen LogP) is 3.40. The molecule has 1 unspecified atom stereocenters. The summed E-state index contributed by atoms with van der Waals surface area (Å²) in [5.41, 5.74) is 0. The molecule has 21 heavy (non-hydrogen) atoms. The van der Waals surface area contributed by atoms with Gasteiger partial charge in [0, 0.05) is 31.7 Å². The van der Waals surface area contributed by atoms with E-state index in [1.54, 1.807) is 0 Å². The first-order chi connectivity index (χ1) is 10.2. The van der Waals surface area contributed by atoms with Crippen LogP contribution in [0.4, 0.5) is 11.6 Å². The summed E-state index contributed by atoms with van der Waals surface area (Å²) in [7, 11) is 0. The topological polar surface area (TPSA) is 59.1 Å². The monoisotopic (exact) mass is 292 g/mol. The Hall–Kier alpha value is -1.36. The van der Waals surface area contributed by atoms with Gasteiger partial charge in [0.1, 0.15) is 17.5 Å². The smallest absolute Gasteiger partial charge is 0.135 e. The minimum atomic E-state index is 0.325. The maximum Gasteiger partial charge on any atom is 0.135 e. The molecule has 118 valence electrons. The van der Waals surface area contributed by atoms with E-state index in [1.165, 1.54) is 19.3 Å². The predicted molar refractivity (Wildman–Crippen MR) is 87.0 cm³/mol. The standard InChI is InChI=1S/C16H28N4O/c1-4-17-14-11-15(20-16(19-14)12(2)3)18-9-8-13-7-5-6-10-21-13/h11-13H,4-10H2,1-3H3,(H2,17,18,19,20). The van der Waals surface area contributed by atoms with Gasteiger partial charge in [-0.2, -0.15) is 0 Å². The van der Waals surface area contributed by atoms with Gasteiger partial charge in [0.2, 0.25) is 0 Å². The number of rotatable bonds is 7. The molecular formula is C16H28N4O. The van der Waals surface area contributed by atoms with Crippen molar-refractivity contribution < 1.29 is 4.74 Å². The Morgan fingerprint density at radius 3 is 2.62 bits per heavy atom. The fourth-order valence-corrected chi connectivity index (χ4v) is 2.48. The van der Waals surface area contributed by atoms with Crippen LogP contribution in [0.25, 0.3) is 0 Å². The van der Waals surface area contributed by atoms with Crippen LogP contribution in [0.5, 0.6) is 0 Å². The molecule has 1 aliphatic heterocycles. The van der Waals surface area contributed by atoms with Crippen molar-refractivity contribution in [2.75, 3.05) is 30.3 Å². The van der Waals surface area contributed by atoms with Crippen molar-refractivity contribution in [3.8, 4) is 0 Å². The number of nitrogens with one attached hydrogen (secondary N) is 2. The van der Waals surface area contributed by atoms with Gasteiger partial charge in [-0.3, -0.25) is 0 Å². The zero-order valence-corrected chi connectivity index (χ0v) is 13.5. The van der Waals surface area contributed by atoms with E-state index in [0.717, 1.165) is 43.6 Å². The van der Waals surface area contributed by atoms with Crippen LogP contribution in [0.15, 0.2) is 6.07 Å². The van der Waals surface area contributed by atoms with Crippen molar-refractivity contribution in [1.82, 2.24) is 9.97 Å². The van der Waals surface area contributed by atoms with E-state index in [-0.39, 0.29) is 0 Å². The molecule has 0 bridgehead atoms. The zero-order chi connectivity index (χ0) is 15.1. The minimum absolute atomic E-state index is 0.325. The summed E-state index contributed by atoms with van der Waals surface area (Å²) in [5, 5.41) is 6.68. The first-order valence-corrected chi connectivity index (χ1v) is 8.17. The average molecular weight is 292 g/mol. The van der Waals surface area contributed by atoms with E-state index in [2.05, 4.69) is 41.4 Å². The van der Waals surface area contributed by atoms with Crippen LogP contribution >= 0.6 is 0 Å². The minimum Gasteiger partial charge on any atom is -0.378 e. The summed E-state index contributed by atoms with van der Waals surface area (Å²) in [6.45, 7) is 8.98. The number of hydrogen-bond donors (Lipinski definition) is 2. The van der Waals surface area contributed by atoms with Gasteiger partial charge in [0.05, 0.1) is 6.10 Å². The highest BCUT2D eigenvalue weighted by Gasteiger charge is 2.13. The number of hydrogen-bond acceptors (Lipinski definition) is 5. The van der Waals surface area contributed by atoms with Gasteiger partial charge >= 0.3 is 0 Å². The van der Waals surface area contributed by atoms with Gasteiger partial charge in [0.25, 0.3) is 0 Å². The quantitative estimate of drug-likeness (QED) is 0.806. The Morgan fingerprint density at radius 2 is 2.00 bits per heavy atom. The Morgan fingerprint density at radius 1 is 1.24 bits per heavy atom. The molecule has 0 saturated carbocycles. The van der Waals surface area contributed by atoms with E-state index >= 15 is 0 Å². The van der Waals surface area contributed by atoms with Crippen LogP contribution in [0.1, 0.15) is 58.2 Å². The fraction of sp³-hybridized carbons (Fsp3) is 0.750. The van der Waals surface area contributed by atoms with Gasteiger partial charge < -0.3 is 15.4 Å². The highest BCUT2D eigenvalue weighted by Crippen LogP contribution is 2.18. The average Bonchev–Trinajstić information content (AvgIpc) is 2.48. The Balaban J connectivity index is 1.91. The van der Waals surface area contributed by atoms with Crippen LogP contribution < -0.4 is 10.6 Å². The third kappa shape index (κ3) is 5.16. The maximum atomic E-state index is 5.76. The van der Waals surface area contributed by atoms with Crippen LogP contribution in [-0.2, 0) is 4.74 Å².